The van der Waals surface area contributed by atoms with Crippen LogP contribution in [0, 0.1) is 5.92 Å². The van der Waals surface area contributed by atoms with Crippen LogP contribution in [0.4, 0.5) is 5.69 Å². The van der Waals surface area contributed by atoms with Gasteiger partial charge in [-0.3, -0.25) is 9.10 Å². The number of hydrogen-bond donors (Lipinski definition) is 3. The Morgan fingerprint density at radius 3 is 2.59 bits per heavy atom. The number of amides is 1. The van der Waals surface area contributed by atoms with Crippen molar-refractivity contribution in [2.24, 2.45) is 5.92 Å². The molecule has 0 aliphatic carbocycles. The Morgan fingerprint density at radius 1 is 1.19 bits per heavy atom. The third-order valence-electron chi connectivity index (χ3n) is 4.70. The molecule has 8 heteroatoms. The van der Waals surface area contributed by atoms with E-state index in [1.165, 1.54) is 23.5 Å². The second-order valence-corrected chi connectivity index (χ2v) is 8.50. The number of rotatable bonds is 6. The summed E-state index contributed by atoms with van der Waals surface area (Å²) in [5.41, 5.74) is 0.799. The van der Waals surface area contributed by atoms with E-state index in [1.807, 2.05) is 6.07 Å². The maximum atomic E-state index is 12.9. The first-order chi connectivity index (χ1) is 12.9. The molecule has 2 aromatic rings. The molecule has 1 aliphatic heterocycles. The van der Waals surface area contributed by atoms with Crippen LogP contribution >= 0.6 is 0 Å². The van der Waals surface area contributed by atoms with Crippen LogP contribution in [0.3, 0.4) is 0 Å². The second kappa shape index (κ2) is 8.08. The van der Waals surface area contributed by atoms with Crippen molar-refractivity contribution in [2.75, 3.05) is 31.0 Å². The molecule has 7 nitrogen and oxygen atoms in total. The fourth-order valence-electron chi connectivity index (χ4n) is 2.99. The van der Waals surface area contributed by atoms with E-state index < -0.39 is 16.1 Å². The van der Waals surface area contributed by atoms with Gasteiger partial charge < -0.3 is 15.7 Å². The Labute approximate surface area is 159 Å². The van der Waals surface area contributed by atoms with Crippen LogP contribution in [-0.2, 0) is 10.0 Å². The van der Waals surface area contributed by atoms with Gasteiger partial charge in [0.25, 0.3) is 15.9 Å². The van der Waals surface area contributed by atoms with Crippen molar-refractivity contribution >= 4 is 21.6 Å². The number of nitrogens with zero attached hydrogens (tertiary/aromatic N) is 1. The highest BCUT2D eigenvalue weighted by atomic mass is 32.2. The number of benzene rings is 2. The lowest BCUT2D eigenvalue weighted by Crippen LogP contribution is -2.34. The number of aliphatic hydroxyl groups excluding tert-OH is 1. The number of β-amino-alcohol motifs (C(OH)–C–C–N with tert-alkyl or cyclic N) is 1. The standard InChI is InChI=1S/C19H23N3O4S/c1-22(16-7-3-2-4-8-16)27(25,26)17-9-5-6-14(10-17)19(24)21-12-15-11-20-13-18(15)23/h2-10,15,18,20,23H,11-13H2,1H3,(H,21,24). The van der Waals surface area contributed by atoms with Gasteiger partial charge in [0.15, 0.2) is 0 Å². The summed E-state index contributed by atoms with van der Waals surface area (Å²) in [6.45, 7) is 1.48. The highest BCUT2D eigenvalue weighted by Gasteiger charge is 2.26. The maximum Gasteiger partial charge on any atom is 0.264 e. The third-order valence-corrected chi connectivity index (χ3v) is 6.48. The first-order valence-corrected chi connectivity index (χ1v) is 10.1. The van der Waals surface area contributed by atoms with Crippen LogP contribution in [0.25, 0.3) is 0 Å². The molecule has 0 spiro atoms. The van der Waals surface area contributed by atoms with Gasteiger partial charge in [0.05, 0.1) is 16.7 Å². The molecule has 1 saturated heterocycles. The van der Waals surface area contributed by atoms with Gasteiger partial charge in [0.2, 0.25) is 0 Å². The van der Waals surface area contributed by atoms with Crippen molar-refractivity contribution in [2.45, 2.75) is 11.0 Å². The molecule has 27 heavy (non-hydrogen) atoms. The summed E-state index contributed by atoms with van der Waals surface area (Å²) >= 11 is 0. The van der Waals surface area contributed by atoms with Crippen LogP contribution in [0.5, 0.6) is 0 Å². The number of aliphatic hydroxyl groups is 1. The first kappa shape index (κ1) is 19.3. The molecule has 1 heterocycles. The molecule has 2 atom stereocenters. The topological polar surface area (TPSA) is 98.7 Å². The highest BCUT2D eigenvalue weighted by Crippen LogP contribution is 2.22. The summed E-state index contributed by atoms with van der Waals surface area (Å²) in [7, 11) is -2.31. The van der Waals surface area contributed by atoms with Gasteiger partial charge in [-0.15, -0.1) is 0 Å². The largest absolute Gasteiger partial charge is 0.391 e. The van der Waals surface area contributed by atoms with E-state index in [1.54, 1.807) is 36.4 Å². The number of nitrogens with one attached hydrogen (secondary N) is 2. The molecule has 3 N–H and O–H groups in total. The zero-order valence-corrected chi connectivity index (χ0v) is 15.8. The van der Waals surface area contributed by atoms with Crippen molar-refractivity contribution in [1.29, 1.82) is 0 Å². The molecular formula is C19H23N3O4S. The van der Waals surface area contributed by atoms with Gasteiger partial charge >= 0.3 is 0 Å². The molecule has 2 unspecified atom stereocenters. The lowest BCUT2D eigenvalue weighted by atomic mass is 10.1. The Bertz CT molecular complexity index is 902. The van der Waals surface area contributed by atoms with Gasteiger partial charge in [-0.25, -0.2) is 8.42 Å². The van der Waals surface area contributed by atoms with Crippen LogP contribution in [0.15, 0.2) is 59.5 Å². The predicted octanol–water partition coefficient (Wildman–Crippen LogP) is 0.822. The number of anilines is 1. The third kappa shape index (κ3) is 4.29. The highest BCUT2D eigenvalue weighted by molar-refractivity contribution is 7.92. The number of hydrogen-bond acceptors (Lipinski definition) is 5. The van der Waals surface area contributed by atoms with Gasteiger partial charge in [-0.05, 0) is 30.3 Å². The zero-order chi connectivity index (χ0) is 19.4. The zero-order valence-electron chi connectivity index (χ0n) is 15.0. The van der Waals surface area contributed by atoms with Crippen molar-refractivity contribution in [3.8, 4) is 0 Å². The number of para-hydroxylation sites is 1. The van der Waals surface area contributed by atoms with Gasteiger partial charge in [-0.1, -0.05) is 24.3 Å². The predicted molar refractivity (Wildman–Crippen MR) is 103 cm³/mol. The minimum Gasteiger partial charge on any atom is -0.391 e. The van der Waals surface area contributed by atoms with Gasteiger partial charge in [-0.2, -0.15) is 0 Å². The monoisotopic (exact) mass is 389 g/mol. The Balaban J connectivity index is 1.75. The smallest absolute Gasteiger partial charge is 0.264 e. The van der Waals surface area contributed by atoms with Crippen LogP contribution in [-0.4, -0.2) is 52.2 Å². The van der Waals surface area contributed by atoms with E-state index in [4.69, 9.17) is 0 Å². The first-order valence-electron chi connectivity index (χ1n) is 8.70. The summed E-state index contributed by atoms with van der Waals surface area (Å²) in [5, 5.41) is 15.6. The quantitative estimate of drug-likeness (QED) is 0.680. The Morgan fingerprint density at radius 2 is 1.93 bits per heavy atom. The van der Waals surface area contributed by atoms with Crippen molar-refractivity contribution < 1.29 is 18.3 Å². The van der Waals surface area contributed by atoms with E-state index in [0.717, 1.165) is 0 Å². The molecule has 0 aromatic heterocycles. The van der Waals surface area contributed by atoms with E-state index in [0.29, 0.717) is 25.3 Å². The van der Waals surface area contributed by atoms with Gasteiger partial charge in [0.1, 0.15) is 0 Å². The molecule has 2 aromatic carbocycles. The molecule has 1 aliphatic rings. The summed E-state index contributed by atoms with van der Waals surface area (Å²) in [6.07, 6.45) is -0.489. The lowest BCUT2D eigenvalue weighted by Gasteiger charge is -2.20. The Hall–Kier alpha value is -2.42. The lowest BCUT2D eigenvalue weighted by molar-refractivity contribution is 0.0927. The summed E-state index contributed by atoms with van der Waals surface area (Å²) in [5.74, 6) is -0.418. The van der Waals surface area contributed by atoms with Crippen LogP contribution in [0.1, 0.15) is 10.4 Å². The van der Waals surface area contributed by atoms with E-state index in [2.05, 4.69) is 10.6 Å². The van der Waals surface area contributed by atoms with Crippen molar-refractivity contribution in [3.05, 3.63) is 60.2 Å². The normalized spacial score (nSPS) is 19.6. The van der Waals surface area contributed by atoms with Crippen LogP contribution < -0.4 is 14.9 Å². The Kier molecular flexibility index (Phi) is 5.79. The number of carbonyl (C=O) groups excluding carboxylic acids is 1. The molecule has 144 valence electrons. The summed E-state index contributed by atoms with van der Waals surface area (Å²) in [6, 6.07) is 14.7. The van der Waals surface area contributed by atoms with E-state index in [-0.39, 0.29) is 22.3 Å². The molecule has 1 amide bonds. The van der Waals surface area contributed by atoms with Crippen molar-refractivity contribution in [1.82, 2.24) is 10.6 Å². The van der Waals surface area contributed by atoms with E-state index in [9.17, 15) is 18.3 Å². The molecule has 0 radical (unpaired) electrons. The average molecular weight is 389 g/mol. The second-order valence-electron chi connectivity index (χ2n) is 6.53. The number of sulfonamides is 1. The molecule has 0 saturated carbocycles. The van der Waals surface area contributed by atoms with Gasteiger partial charge in [0, 0.05) is 38.2 Å². The van der Waals surface area contributed by atoms with Crippen molar-refractivity contribution in [3.63, 3.8) is 0 Å². The molecule has 0 bridgehead atoms. The summed E-state index contributed by atoms with van der Waals surface area (Å²) in [4.78, 5) is 12.5. The minimum atomic E-state index is -3.78. The van der Waals surface area contributed by atoms with E-state index >= 15 is 0 Å². The maximum absolute atomic E-state index is 12.9. The summed E-state index contributed by atoms with van der Waals surface area (Å²) < 4.78 is 26.9. The SMILES string of the molecule is CN(c1ccccc1)S(=O)(=O)c1cccc(C(=O)NCC2CNCC2O)c1. The number of carbonyl (C=O) groups is 1. The molecular weight excluding hydrogens is 366 g/mol. The minimum absolute atomic E-state index is 0.0454. The fourth-order valence-corrected chi connectivity index (χ4v) is 4.23. The average Bonchev–Trinajstić information content (AvgIpc) is 3.11. The molecule has 1 fully saturated rings. The fraction of sp³-hybridized carbons (Fsp3) is 0.316. The van der Waals surface area contributed by atoms with Crippen LogP contribution in [0.2, 0.25) is 0 Å². The molecule has 3 rings (SSSR count).